The van der Waals surface area contributed by atoms with Crippen LogP contribution in [0.3, 0.4) is 0 Å². The summed E-state index contributed by atoms with van der Waals surface area (Å²) >= 11 is 0. The molecule has 7 heteroatoms. The average molecular weight is 378 g/mol. The van der Waals surface area contributed by atoms with Crippen molar-refractivity contribution in [2.75, 3.05) is 6.61 Å². The molecular formula is C20H30N2O5. The highest BCUT2D eigenvalue weighted by atomic mass is 16.5. The molecule has 0 bridgehead atoms. The highest BCUT2D eigenvalue weighted by molar-refractivity contribution is 5.94. The second kappa shape index (κ2) is 9.58. The van der Waals surface area contributed by atoms with Gasteiger partial charge >= 0.3 is 5.97 Å². The van der Waals surface area contributed by atoms with Crippen molar-refractivity contribution in [2.45, 2.75) is 59.0 Å². The zero-order valence-electron chi connectivity index (χ0n) is 16.5. The SMILES string of the molecule is CC(C)[C@H](NC(=O)c1ccco1)C(=O)OCC(=O)N[C@@H]1CCC[C@@H](C)[C@H]1C. The molecule has 150 valence electrons. The Balaban J connectivity index is 1.84. The molecule has 0 unspecified atom stereocenters. The zero-order chi connectivity index (χ0) is 20.0. The van der Waals surface area contributed by atoms with Gasteiger partial charge in [-0.05, 0) is 36.3 Å². The van der Waals surface area contributed by atoms with Crippen LogP contribution in [0.15, 0.2) is 22.8 Å². The molecule has 2 N–H and O–H groups in total. The lowest BCUT2D eigenvalue weighted by Gasteiger charge is -2.34. The average Bonchev–Trinajstić information content (AvgIpc) is 3.16. The van der Waals surface area contributed by atoms with E-state index in [1.165, 1.54) is 18.8 Å². The van der Waals surface area contributed by atoms with Crippen LogP contribution >= 0.6 is 0 Å². The number of hydrogen-bond donors (Lipinski definition) is 2. The maximum atomic E-state index is 12.4. The third-order valence-electron chi connectivity index (χ3n) is 5.35. The molecule has 4 atom stereocenters. The Morgan fingerprint density at radius 2 is 2.00 bits per heavy atom. The lowest BCUT2D eigenvalue weighted by Crippen LogP contribution is -2.48. The minimum Gasteiger partial charge on any atom is -0.459 e. The van der Waals surface area contributed by atoms with E-state index in [4.69, 9.17) is 9.15 Å². The molecule has 1 aromatic rings. The van der Waals surface area contributed by atoms with Gasteiger partial charge in [-0.2, -0.15) is 0 Å². The molecule has 2 rings (SSSR count). The summed E-state index contributed by atoms with van der Waals surface area (Å²) in [5, 5.41) is 5.56. The summed E-state index contributed by atoms with van der Waals surface area (Å²) in [6.45, 7) is 7.56. The van der Waals surface area contributed by atoms with Gasteiger partial charge in [0.25, 0.3) is 11.8 Å². The summed E-state index contributed by atoms with van der Waals surface area (Å²) in [5.41, 5.74) is 0. The van der Waals surface area contributed by atoms with E-state index in [1.54, 1.807) is 19.9 Å². The summed E-state index contributed by atoms with van der Waals surface area (Å²) in [6, 6.07) is 2.36. The van der Waals surface area contributed by atoms with Gasteiger partial charge in [0.1, 0.15) is 6.04 Å². The first-order valence-corrected chi connectivity index (χ1v) is 9.60. The van der Waals surface area contributed by atoms with Crippen molar-refractivity contribution in [3.8, 4) is 0 Å². The van der Waals surface area contributed by atoms with E-state index in [0.717, 1.165) is 12.8 Å². The van der Waals surface area contributed by atoms with Crippen molar-refractivity contribution in [1.29, 1.82) is 0 Å². The number of rotatable bonds is 7. The van der Waals surface area contributed by atoms with Crippen LogP contribution in [0.1, 0.15) is 57.5 Å². The van der Waals surface area contributed by atoms with Gasteiger partial charge in [0.05, 0.1) is 6.26 Å². The first-order chi connectivity index (χ1) is 12.8. The third kappa shape index (κ3) is 5.84. The number of carbonyl (C=O) groups excluding carboxylic acids is 3. The topological polar surface area (TPSA) is 97.6 Å². The maximum Gasteiger partial charge on any atom is 0.329 e. The minimum absolute atomic E-state index is 0.111. The molecule has 7 nitrogen and oxygen atoms in total. The van der Waals surface area contributed by atoms with E-state index >= 15 is 0 Å². The van der Waals surface area contributed by atoms with Gasteiger partial charge < -0.3 is 19.8 Å². The van der Waals surface area contributed by atoms with Gasteiger partial charge in [-0.15, -0.1) is 0 Å². The van der Waals surface area contributed by atoms with Gasteiger partial charge in [0.15, 0.2) is 12.4 Å². The van der Waals surface area contributed by atoms with Crippen LogP contribution in [0, 0.1) is 17.8 Å². The summed E-state index contributed by atoms with van der Waals surface area (Å²) in [5.74, 6) is -0.558. The number of amides is 2. The number of furan rings is 1. The Hall–Kier alpha value is -2.31. The van der Waals surface area contributed by atoms with Crippen molar-refractivity contribution in [3.05, 3.63) is 24.2 Å². The predicted octanol–water partition coefficient (Wildman–Crippen LogP) is 2.52. The standard InChI is InChI=1S/C20H30N2O5/c1-12(2)18(22-19(24)16-9-6-10-26-16)20(25)27-11-17(23)21-15-8-5-7-13(3)14(15)4/h6,9-10,12-15,18H,5,7-8,11H2,1-4H3,(H,21,23)(H,22,24)/t13-,14-,15-,18+/m1/s1. The summed E-state index contributed by atoms with van der Waals surface area (Å²) < 4.78 is 10.2. The third-order valence-corrected chi connectivity index (χ3v) is 5.35. The second-order valence-electron chi connectivity index (χ2n) is 7.72. The number of carbonyl (C=O) groups is 3. The summed E-state index contributed by atoms with van der Waals surface area (Å²) in [4.78, 5) is 36.6. The molecule has 0 radical (unpaired) electrons. The molecule has 0 aromatic carbocycles. The van der Waals surface area contributed by atoms with Crippen molar-refractivity contribution in [3.63, 3.8) is 0 Å². The van der Waals surface area contributed by atoms with Crippen LogP contribution in [-0.4, -0.2) is 36.5 Å². The number of esters is 1. The van der Waals surface area contributed by atoms with Gasteiger partial charge in [-0.1, -0.05) is 40.5 Å². The van der Waals surface area contributed by atoms with Crippen LogP contribution in [0.2, 0.25) is 0 Å². The quantitative estimate of drug-likeness (QED) is 0.711. The van der Waals surface area contributed by atoms with E-state index in [2.05, 4.69) is 24.5 Å². The molecule has 1 aliphatic carbocycles. The molecule has 1 heterocycles. The van der Waals surface area contributed by atoms with Crippen molar-refractivity contribution < 1.29 is 23.5 Å². The fourth-order valence-electron chi connectivity index (χ4n) is 3.38. The van der Waals surface area contributed by atoms with Crippen molar-refractivity contribution in [2.24, 2.45) is 17.8 Å². The van der Waals surface area contributed by atoms with E-state index in [-0.39, 0.29) is 30.2 Å². The number of hydrogen-bond acceptors (Lipinski definition) is 5. The molecule has 1 aromatic heterocycles. The Morgan fingerprint density at radius 3 is 2.63 bits per heavy atom. The van der Waals surface area contributed by atoms with E-state index in [0.29, 0.717) is 11.8 Å². The monoisotopic (exact) mass is 378 g/mol. The second-order valence-corrected chi connectivity index (χ2v) is 7.72. The Morgan fingerprint density at radius 1 is 1.26 bits per heavy atom. The largest absolute Gasteiger partial charge is 0.459 e. The fourth-order valence-corrected chi connectivity index (χ4v) is 3.38. The summed E-state index contributed by atoms with van der Waals surface area (Å²) in [7, 11) is 0. The van der Waals surface area contributed by atoms with Crippen molar-refractivity contribution >= 4 is 17.8 Å². The van der Waals surface area contributed by atoms with Crippen LogP contribution < -0.4 is 10.6 Å². The molecule has 27 heavy (non-hydrogen) atoms. The Kier molecular flexibility index (Phi) is 7.45. The smallest absolute Gasteiger partial charge is 0.329 e. The van der Waals surface area contributed by atoms with Crippen LogP contribution in [0.5, 0.6) is 0 Å². The number of nitrogens with one attached hydrogen (secondary N) is 2. The fraction of sp³-hybridized carbons (Fsp3) is 0.650. The molecule has 1 aliphatic rings. The van der Waals surface area contributed by atoms with Gasteiger partial charge in [0, 0.05) is 6.04 Å². The van der Waals surface area contributed by atoms with Crippen LogP contribution in [0.25, 0.3) is 0 Å². The first-order valence-electron chi connectivity index (χ1n) is 9.60. The molecule has 0 aliphatic heterocycles. The highest BCUT2D eigenvalue weighted by Gasteiger charge is 2.30. The molecule has 1 saturated carbocycles. The van der Waals surface area contributed by atoms with Gasteiger partial charge in [0.2, 0.25) is 0 Å². The molecule has 1 fully saturated rings. The maximum absolute atomic E-state index is 12.4. The lowest BCUT2D eigenvalue weighted by atomic mass is 9.78. The molecule has 0 saturated heterocycles. The van der Waals surface area contributed by atoms with E-state index in [9.17, 15) is 14.4 Å². The van der Waals surface area contributed by atoms with E-state index < -0.39 is 17.9 Å². The van der Waals surface area contributed by atoms with Gasteiger partial charge in [-0.3, -0.25) is 9.59 Å². The van der Waals surface area contributed by atoms with E-state index in [1.807, 2.05) is 0 Å². The minimum atomic E-state index is -0.857. The normalized spacial score (nSPS) is 23.5. The first kappa shape index (κ1) is 21.0. The van der Waals surface area contributed by atoms with Crippen LogP contribution in [-0.2, 0) is 14.3 Å². The Labute approximate surface area is 160 Å². The zero-order valence-corrected chi connectivity index (χ0v) is 16.5. The predicted molar refractivity (Wildman–Crippen MR) is 99.9 cm³/mol. The molecule has 0 spiro atoms. The summed E-state index contributed by atoms with van der Waals surface area (Å²) in [6.07, 6.45) is 4.59. The van der Waals surface area contributed by atoms with Crippen LogP contribution in [0.4, 0.5) is 0 Å². The van der Waals surface area contributed by atoms with Crippen molar-refractivity contribution in [1.82, 2.24) is 10.6 Å². The Bertz CT molecular complexity index is 641. The molecule has 2 amide bonds. The van der Waals surface area contributed by atoms with Gasteiger partial charge in [-0.25, -0.2) is 4.79 Å². The molecular weight excluding hydrogens is 348 g/mol. The highest BCUT2D eigenvalue weighted by Crippen LogP contribution is 2.29. The lowest BCUT2D eigenvalue weighted by molar-refractivity contribution is -0.151. The number of ether oxygens (including phenoxy) is 1.